The largest absolute Gasteiger partial charge is 0.380 e. The van der Waals surface area contributed by atoms with E-state index < -0.39 is 0 Å². The molecule has 2 aromatic heterocycles. The van der Waals surface area contributed by atoms with Gasteiger partial charge in [-0.15, -0.1) is 0 Å². The first-order chi connectivity index (χ1) is 12.7. The van der Waals surface area contributed by atoms with E-state index in [1.807, 2.05) is 18.2 Å². The second-order valence-corrected chi connectivity index (χ2v) is 6.86. The number of aromatic nitrogens is 4. The predicted molar refractivity (Wildman–Crippen MR) is 98.9 cm³/mol. The molecule has 1 aliphatic heterocycles. The average Bonchev–Trinajstić information content (AvgIpc) is 2.79. The molecule has 1 aromatic carbocycles. The summed E-state index contributed by atoms with van der Waals surface area (Å²) in [6.07, 6.45) is 2.20. The number of rotatable bonds is 4. The van der Waals surface area contributed by atoms with Crippen LogP contribution in [0.25, 0.3) is 11.0 Å². The van der Waals surface area contributed by atoms with Gasteiger partial charge in [-0.1, -0.05) is 12.1 Å². The summed E-state index contributed by atoms with van der Waals surface area (Å²) >= 11 is 0. The van der Waals surface area contributed by atoms with Gasteiger partial charge in [0.25, 0.3) is 5.56 Å². The van der Waals surface area contributed by atoms with Crippen molar-refractivity contribution in [2.45, 2.75) is 13.0 Å². The summed E-state index contributed by atoms with van der Waals surface area (Å²) in [4.78, 5) is 25.5. The number of hydrogen-bond acceptors (Lipinski definition) is 5. The summed E-state index contributed by atoms with van der Waals surface area (Å²) < 4.78 is 7.95. The number of H-pyrrole nitrogens is 1. The van der Waals surface area contributed by atoms with Gasteiger partial charge in [0.05, 0.1) is 37.1 Å². The van der Waals surface area contributed by atoms with E-state index >= 15 is 0 Å². The highest BCUT2D eigenvalue weighted by atomic mass is 16.5. The van der Waals surface area contributed by atoms with Crippen molar-refractivity contribution in [3.63, 3.8) is 0 Å². The molecule has 0 radical (unpaired) electrons. The van der Waals surface area contributed by atoms with Crippen LogP contribution in [0, 0.1) is 5.92 Å². The minimum absolute atomic E-state index is 0.110. The number of ether oxygens (including phenoxy) is 1. The molecule has 1 N–H and O–H groups in total. The maximum absolute atomic E-state index is 11.5. The molecule has 7 heteroatoms. The zero-order valence-corrected chi connectivity index (χ0v) is 14.9. The van der Waals surface area contributed by atoms with Gasteiger partial charge in [0.2, 0.25) is 0 Å². The monoisotopic (exact) mass is 353 g/mol. The Kier molecular flexibility index (Phi) is 4.81. The molecular weight excluding hydrogens is 330 g/mol. The molecule has 3 heterocycles. The van der Waals surface area contributed by atoms with Gasteiger partial charge in [-0.3, -0.25) is 9.69 Å². The van der Waals surface area contributed by atoms with Crippen molar-refractivity contribution in [2.24, 2.45) is 13.0 Å². The number of imidazole rings is 1. The zero-order chi connectivity index (χ0) is 17.9. The molecule has 0 unspecified atom stereocenters. The van der Waals surface area contributed by atoms with Gasteiger partial charge in [0, 0.05) is 37.8 Å². The maximum Gasteiger partial charge on any atom is 0.250 e. The fraction of sp³-hybridized carbons (Fsp3) is 0.421. The van der Waals surface area contributed by atoms with Crippen molar-refractivity contribution >= 4 is 11.0 Å². The SMILES string of the molecule is Cn1c(CN2CCOC[C@H](Cc3cc(=O)[nH]cn3)C2)nc2ccccc21. The maximum atomic E-state index is 11.5. The van der Waals surface area contributed by atoms with E-state index in [-0.39, 0.29) is 5.56 Å². The smallest absolute Gasteiger partial charge is 0.250 e. The van der Waals surface area contributed by atoms with Crippen molar-refractivity contribution in [3.8, 4) is 0 Å². The van der Waals surface area contributed by atoms with Crippen molar-refractivity contribution in [2.75, 3.05) is 26.3 Å². The number of hydrogen-bond donors (Lipinski definition) is 1. The van der Waals surface area contributed by atoms with E-state index in [0.717, 1.165) is 48.6 Å². The van der Waals surface area contributed by atoms with Crippen LogP contribution in [0.1, 0.15) is 11.5 Å². The molecule has 1 saturated heterocycles. The molecule has 0 aliphatic carbocycles. The molecule has 4 rings (SSSR count). The Labute approximate surface area is 151 Å². The number of para-hydroxylation sites is 2. The van der Waals surface area contributed by atoms with Gasteiger partial charge in [-0.2, -0.15) is 0 Å². The Balaban J connectivity index is 1.48. The molecule has 0 bridgehead atoms. The molecule has 7 nitrogen and oxygen atoms in total. The Morgan fingerprint density at radius 1 is 1.35 bits per heavy atom. The Morgan fingerprint density at radius 3 is 3.08 bits per heavy atom. The summed E-state index contributed by atoms with van der Waals surface area (Å²) in [6, 6.07) is 9.77. The second kappa shape index (κ2) is 7.39. The van der Waals surface area contributed by atoms with Crippen molar-refractivity contribution in [1.29, 1.82) is 0 Å². The van der Waals surface area contributed by atoms with Crippen LogP contribution < -0.4 is 5.56 Å². The number of benzene rings is 1. The Morgan fingerprint density at radius 2 is 2.23 bits per heavy atom. The topological polar surface area (TPSA) is 76.0 Å². The highest BCUT2D eigenvalue weighted by molar-refractivity contribution is 5.75. The van der Waals surface area contributed by atoms with Gasteiger partial charge < -0.3 is 14.3 Å². The van der Waals surface area contributed by atoms with E-state index in [0.29, 0.717) is 19.1 Å². The van der Waals surface area contributed by atoms with E-state index in [9.17, 15) is 4.79 Å². The third-order valence-electron chi connectivity index (χ3n) is 4.90. The summed E-state index contributed by atoms with van der Waals surface area (Å²) in [5.74, 6) is 1.36. The van der Waals surface area contributed by atoms with Crippen LogP contribution in [-0.4, -0.2) is 50.7 Å². The van der Waals surface area contributed by atoms with Gasteiger partial charge in [0.15, 0.2) is 0 Å². The predicted octanol–water partition coefficient (Wildman–Crippen LogP) is 1.35. The first kappa shape index (κ1) is 16.9. The second-order valence-electron chi connectivity index (χ2n) is 6.86. The average molecular weight is 353 g/mol. The normalized spacial score (nSPS) is 18.9. The van der Waals surface area contributed by atoms with E-state index in [4.69, 9.17) is 9.72 Å². The van der Waals surface area contributed by atoms with Crippen LogP contribution in [0.2, 0.25) is 0 Å². The fourth-order valence-corrected chi connectivity index (χ4v) is 3.57. The lowest BCUT2D eigenvalue weighted by molar-refractivity contribution is 0.121. The molecule has 26 heavy (non-hydrogen) atoms. The van der Waals surface area contributed by atoms with Gasteiger partial charge in [0.1, 0.15) is 5.82 Å². The van der Waals surface area contributed by atoms with Gasteiger partial charge in [-0.05, 0) is 18.6 Å². The van der Waals surface area contributed by atoms with Gasteiger partial charge >= 0.3 is 0 Å². The van der Waals surface area contributed by atoms with Crippen LogP contribution in [0.15, 0.2) is 41.5 Å². The number of nitrogens with zero attached hydrogens (tertiary/aromatic N) is 4. The van der Waals surface area contributed by atoms with Crippen LogP contribution in [0.5, 0.6) is 0 Å². The van der Waals surface area contributed by atoms with E-state index in [1.54, 1.807) is 6.07 Å². The minimum atomic E-state index is -0.110. The van der Waals surface area contributed by atoms with Crippen LogP contribution >= 0.6 is 0 Å². The van der Waals surface area contributed by atoms with Crippen LogP contribution in [0.4, 0.5) is 0 Å². The fourth-order valence-electron chi connectivity index (χ4n) is 3.57. The molecule has 1 fully saturated rings. The molecule has 1 aliphatic rings. The molecular formula is C19H23N5O2. The van der Waals surface area contributed by atoms with E-state index in [2.05, 4.69) is 32.5 Å². The van der Waals surface area contributed by atoms with Crippen LogP contribution in [0.3, 0.4) is 0 Å². The van der Waals surface area contributed by atoms with E-state index in [1.165, 1.54) is 6.33 Å². The van der Waals surface area contributed by atoms with Crippen LogP contribution in [-0.2, 0) is 24.8 Å². The summed E-state index contributed by atoms with van der Waals surface area (Å²) in [5.41, 5.74) is 2.88. The molecule has 3 aromatic rings. The highest BCUT2D eigenvalue weighted by Crippen LogP contribution is 2.18. The van der Waals surface area contributed by atoms with Crippen molar-refractivity contribution in [1.82, 2.24) is 24.4 Å². The lowest BCUT2D eigenvalue weighted by atomic mass is 10.0. The zero-order valence-electron chi connectivity index (χ0n) is 14.9. The lowest BCUT2D eigenvalue weighted by Gasteiger charge is -2.22. The standard InChI is InChI=1S/C19H23N5O2/c1-23-17-5-3-2-4-16(17)22-18(23)11-24-6-7-26-12-14(10-24)8-15-9-19(25)21-13-20-15/h2-5,9,13-14H,6-8,10-12H2,1H3,(H,20,21,25)/t14-/m1/s1. The third-order valence-corrected chi connectivity index (χ3v) is 4.90. The minimum Gasteiger partial charge on any atom is -0.380 e. The first-order valence-corrected chi connectivity index (χ1v) is 8.93. The molecule has 1 atom stereocenters. The molecule has 0 amide bonds. The summed E-state index contributed by atoms with van der Waals surface area (Å²) in [6.45, 7) is 3.96. The quantitative estimate of drug-likeness (QED) is 0.766. The highest BCUT2D eigenvalue weighted by Gasteiger charge is 2.21. The number of aromatic amines is 1. The van der Waals surface area contributed by atoms with Gasteiger partial charge in [-0.25, -0.2) is 9.97 Å². The van der Waals surface area contributed by atoms with Crippen molar-refractivity contribution in [3.05, 3.63) is 58.5 Å². The molecule has 0 spiro atoms. The number of nitrogens with one attached hydrogen (secondary N) is 1. The Hall–Kier alpha value is -2.51. The molecule has 0 saturated carbocycles. The summed E-state index contributed by atoms with van der Waals surface area (Å²) in [5, 5.41) is 0. The summed E-state index contributed by atoms with van der Waals surface area (Å²) in [7, 11) is 2.07. The third kappa shape index (κ3) is 3.68. The Bertz CT molecular complexity index is 948. The molecule has 136 valence electrons. The number of aryl methyl sites for hydroxylation is 1. The van der Waals surface area contributed by atoms with Crippen molar-refractivity contribution < 1.29 is 4.74 Å². The lowest BCUT2D eigenvalue weighted by Crippen LogP contribution is -2.31. The number of fused-ring (bicyclic) bond motifs is 1. The first-order valence-electron chi connectivity index (χ1n) is 8.93.